The fourth-order valence-corrected chi connectivity index (χ4v) is 3.16. The molecule has 1 aliphatic heterocycles. The van der Waals surface area contributed by atoms with Crippen LogP contribution >= 0.6 is 0 Å². The summed E-state index contributed by atoms with van der Waals surface area (Å²) < 4.78 is 0. The Morgan fingerprint density at radius 3 is 0.917 bits per heavy atom. The Balaban J connectivity index is 0.00000182. The molecule has 0 atom stereocenters. The molecular weight excluding hydrogens is 294 g/mol. The zero-order valence-corrected chi connectivity index (χ0v) is 13.6. The summed E-state index contributed by atoms with van der Waals surface area (Å²) in [5.74, 6) is 0. The van der Waals surface area contributed by atoms with Gasteiger partial charge in [-0.2, -0.15) is 0 Å². The predicted molar refractivity (Wildman–Crippen MR) is 102 cm³/mol. The van der Waals surface area contributed by atoms with Crippen LogP contribution in [-0.2, 0) is 0 Å². The van der Waals surface area contributed by atoms with Crippen molar-refractivity contribution in [1.82, 2.24) is 0 Å². The minimum atomic E-state index is 0. The lowest BCUT2D eigenvalue weighted by Gasteiger charge is -2.45. The van der Waals surface area contributed by atoms with Crippen molar-refractivity contribution < 1.29 is 1.43 Å². The van der Waals surface area contributed by atoms with Gasteiger partial charge in [-0.25, -0.2) is 0 Å². The van der Waals surface area contributed by atoms with Gasteiger partial charge < -0.3 is 14.7 Å². The summed E-state index contributed by atoms with van der Waals surface area (Å²) in [5, 5.41) is 0. The lowest BCUT2D eigenvalue weighted by atomic mass is 10.2. The molecule has 0 aromatic heterocycles. The molecule has 0 aliphatic carbocycles. The molecule has 3 heteroatoms. The van der Waals surface area contributed by atoms with Gasteiger partial charge in [-0.15, -0.1) is 0 Å². The Labute approximate surface area is 144 Å². The molecule has 0 spiro atoms. The second kappa shape index (κ2) is 6.67. The molecule has 0 radical (unpaired) electrons. The average molecular weight is 316 g/mol. The third-order valence-corrected chi connectivity index (χ3v) is 4.39. The summed E-state index contributed by atoms with van der Waals surface area (Å²) in [4.78, 5) is 7.22. The van der Waals surface area contributed by atoms with Crippen LogP contribution in [0.25, 0.3) is 0 Å². The van der Waals surface area contributed by atoms with E-state index >= 15 is 0 Å². The molecule has 0 unspecified atom stereocenters. The highest BCUT2D eigenvalue weighted by molar-refractivity contribution is 5.58. The first-order chi connectivity index (χ1) is 11.9. The first kappa shape index (κ1) is 14.6. The monoisotopic (exact) mass is 316 g/mol. The minimum absolute atomic E-state index is 0. The highest BCUT2D eigenvalue weighted by Gasteiger charge is 2.23. The SMILES string of the molecule is [H+].c1ccc(N2CN(c3ccccc3)CN(c3ccccc3)C2)cc1. The third kappa shape index (κ3) is 3.06. The molecule has 0 bridgehead atoms. The maximum atomic E-state index is 2.41. The normalized spacial score (nSPS) is 14.8. The topological polar surface area (TPSA) is 9.72 Å². The molecule has 1 aliphatic rings. The zero-order chi connectivity index (χ0) is 16.2. The zero-order valence-electron chi connectivity index (χ0n) is 14.6. The number of hydrogen-bond acceptors (Lipinski definition) is 3. The van der Waals surface area contributed by atoms with Gasteiger partial charge in [0.2, 0.25) is 0 Å². The maximum absolute atomic E-state index is 2.41. The first-order valence-corrected chi connectivity index (χ1v) is 8.30. The van der Waals surface area contributed by atoms with Crippen molar-refractivity contribution in [2.75, 3.05) is 34.7 Å². The highest BCUT2D eigenvalue weighted by atomic mass is 15.5. The summed E-state index contributed by atoms with van der Waals surface area (Å²) in [7, 11) is 0. The Morgan fingerprint density at radius 2 is 0.667 bits per heavy atom. The smallest absolute Gasteiger partial charge is 0.336 e. The van der Waals surface area contributed by atoms with Crippen LogP contribution in [0.5, 0.6) is 0 Å². The summed E-state index contributed by atoms with van der Waals surface area (Å²) in [6, 6.07) is 31.9. The van der Waals surface area contributed by atoms with Crippen molar-refractivity contribution in [2.45, 2.75) is 0 Å². The van der Waals surface area contributed by atoms with E-state index in [-0.39, 0.29) is 1.43 Å². The van der Waals surface area contributed by atoms with Gasteiger partial charge in [0.05, 0.1) is 20.0 Å². The van der Waals surface area contributed by atoms with Gasteiger partial charge in [0, 0.05) is 17.1 Å². The van der Waals surface area contributed by atoms with Crippen LogP contribution < -0.4 is 14.7 Å². The van der Waals surface area contributed by atoms with Gasteiger partial charge >= 0.3 is 1.43 Å². The molecular formula is C21H22N3+. The molecule has 1 heterocycles. The standard InChI is InChI=1S/C21H21N3/c1-4-10-19(11-5-1)22-16-23(20-12-6-2-7-13-20)18-24(17-22)21-14-8-3-9-15-21/h1-15H,16-18H2/p+1. The number of nitrogens with zero attached hydrogens (tertiary/aromatic N) is 3. The lowest BCUT2D eigenvalue weighted by molar-refractivity contribution is 0.611. The summed E-state index contributed by atoms with van der Waals surface area (Å²) in [6.07, 6.45) is 0. The van der Waals surface area contributed by atoms with E-state index in [4.69, 9.17) is 0 Å². The van der Waals surface area contributed by atoms with Crippen molar-refractivity contribution in [3.8, 4) is 0 Å². The van der Waals surface area contributed by atoms with Crippen molar-refractivity contribution in [2.24, 2.45) is 0 Å². The Bertz CT molecular complexity index is 651. The Morgan fingerprint density at radius 1 is 0.417 bits per heavy atom. The van der Waals surface area contributed by atoms with Crippen LogP contribution in [-0.4, -0.2) is 20.0 Å². The van der Waals surface area contributed by atoms with Gasteiger partial charge in [0.25, 0.3) is 0 Å². The number of benzene rings is 3. The maximum Gasteiger partial charge on any atom is 1.00 e. The van der Waals surface area contributed by atoms with Crippen molar-refractivity contribution in [3.05, 3.63) is 91.0 Å². The van der Waals surface area contributed by atoms with E-state index in [1.165, 1.54) is 17.1 Å². The summed E-state index contributed by atoms with van der Waals surface area (Å²) >= 11 is 0. The van der Waals surface area contributed by atoms with Crippen molar-refractivity contribution in [1.29, 1.82) is 0 Å². The fourth-order valence-electron chi connectivity index (χ4n) is 3.16. The number of anilines is 3. The first-order valence-electron chi connectivity index (χ1n) is 8.30. The third-order valence-electron chi connectivity index (χ3n) is 4.39. The van der Waals surface area contributed by atoms with Gasteiger partial charge in [0.1, 0.15) is 0 Å². The van der Waals surface area contributed by atoms with E-state index in [1.54, 1.807) is 0 Å². The molecule has 4 rings (SSSR count). The molecule has 120 valence electrons. The Kier molecular flexibility index (Phi) is 4.07. The molecule has 3 aromatic carbocycles. The highest BCUT2D eigenvalue weighted by Crippen LogP contribution is 2.26. The predicted octanol–water partition coefficient (Wildman–Crippen LogP) is 4.50. The van der Waals surface area contributed by atoms with Crippen molar-refractivity contribution >= 4 is 17.1 Å². The van der Waals surface area contributed by atoms with E-state index in [0.717, 1.165) is 20.0 Å². The van der Waals surface area contributed by atoms with Crippen molar-refractivity contribution in [3.63, 3.8) is 0 Å². The minimum Gasteiger partial charge on any atom is -0.336 e. The van der Waals surface area contributed by atoms with Gasteiger partial charge in [-0.3, -0.25) is 0 Å². The van der Waals surface area contributed by atoms with E-state index in [1.807, 2.05) is 0 Å². The van der Waals surface area contributed by atoms with E-state index < -0.39 is 0 Å². The van der Waals surface area contributed by atoms with E-state index in [0.29, 0.717) is 0 Å². The van der Waals surface area contributed by atoms with Gasteiger partial charge in [-0.1, -0.05) is 54.6 Å². The molecule has 1 fully saturated rings. The van der Waals surface area contributed by atoms with Crippen LogP contribution in [0.2, 0.25) is 0 Å². The van der Waals surface area contributed by atoms with Crippen LogP contribution in [0.3, 0.4) is 0 Å². The molecule has 1 saturated heterocycles. The molecule has 0 amide bonds. The molecule has 3 aromatic rings. The van der Waals surface area contributed by atoms with Crippen LogP contribution in [0.4, 0.5) is 17.1 Å². The number of rotatable bonds is 3. The average Bonchev–Trinajstić information content (AvgIpc) is 2.70. The fraction of sp³-hybridized carbons (Fsp3) is 0.143. The largest absolute Gasteiger partial charge is 1.00 e. The number of para-hydroxylation sites is 3. The molecule has 0 saturated carbocycles. The van der Waals surface area contributed by atoms with Gasteiger partial charge in [0.15, 0.2) is 0 Å². The van der Waals surface area contributed by atoms with Crippen LogP contribution in [0.1, 0.15) is 1.43 Å². The molecule has 3 nitrogen and oxygen atoms in total. The second-order valence-electron chi connectivity index (χ2n) is 6.05. The quantitative estimate of drug-likeness (QED) is 0.704. The lowest BCUT2D eigenvalue weighted by Crippen LogP contribution is -2.55. The van der Waals surface area contributed by atoms with E-state index in [9.17, 15) is 0 Å². The van der Waals surface area contributed by atoms with Gasteiger partial charge in [-0.05, 0) is 36.4 Å². The Hall–Kier alpha value is -2.94. The van der Waals surface area contributed by atoms with E-state index in [2.05, 4.69) is 106 Å². The molecule has 24 heavy (non-hydrogen) atoms. The summed E-state index contributed by atoms with van der Waals surface area (Å²) in [6.45, 7) is 2.66. The van der Waals surface area contributed by atoms with Crippen LogP contribution in [0, 0.1) is 0 Å². The molecule has 0 N–H and O–H groups in total. The number of hydrogen-bond donors (Lipinski definition) is 0. The second-order valence-corrected chi connectivity index (χ2v) is 6.05. The van der Waals surface area contributed by atoms with Crippen LogP contribution in [0.15, 0.2) is 91.0 Å². The summed E-state index contributed by atoms with van der Waals surface area (Å²) in [5.41, 5.74) is 3.75.